The molecule has 2 heterocycles. The highest BCUT2D eigenvalue weighted by atomic mass is 16.4. The fourth-order valence-electron chi connectivity index (χ4n) is 1.54. The zero-order valence-corrected chi connectivity index (χ0v) is 6.78. The fourth-order valence-corrected chi connectivity index (χ4v) is 1.54. The van der Waals surface area contributed by atoms with Crippen LogP contribution in [-0.2, 0) is 0 Å². The van der Waals surface area contributed by atoms with Crippen molar-refractivity contribution in [3.05, 3.63) is 30.7 Å². The summed E-state index contributed by atoms with van der Waals surface area (Å²) < 4.78 is 10.6. The summed E-state index contributed by atoms with van der Waals surface area (Å²) in [5, 5.41) is 1.93. The van der Waals surface area contributed by atoms with Crippen molar-refractivity contribution in [3.8, 4) is 0 Å². The SMILES string of the molecule is Nc1coc2c1ccc1ccoc12. The molecule has 2 aromatic heterocycles. The Balaban J connectivity index is 2.66. The molecule has 0 aliphatic rings. The van der Waals surface area contributed by atoms with E-state index in [2.05, 4.69) is 0 Å². The predicted molar refractivity (Wildman–Crippen MR) is 50.4 cm³/mol. The van der Waals surface area contributed by atoms with Crippen LogP contribution in [0, 0.1) is 0 Å². The average Bonchev–Trinajstić information content (AvgIpc) is 2.70. The second-order valence-electron chi connectivity index (χ2n) is 2.97. The molecule has 64 valence electrons. The second kappa shape index (κ2) is 2.07. The molecule has 0 saturated carbocycles. The quantitative estimate of drug-likeness (QED) is 0.568. The van der Waals surface area contributed by atoms with Crippen LogP contribution in [0.1, 0.15) is 0 Å². The van der Waals surface area contributed by atoms with Crippen LogP contribution in [0.15, 0.2) is 39.6 Å². The molecule has 0 radical (unpaired) electrons. The van der Waals surface area contributed by atoms with Gasteiger partial charge in [0, 0.05) is 10.8 Å². The fraction of sp³-hybridized carbons (Fsp3) is 0. The second-order valence-corrected chi connectivity index (χ2v) is 2.97. The number of anilines is 1. The minimum absolute atomic E-state index is 0.647. The third kappa shape index (κ3) is 0.731. The maximum absolute atomic E-state index is 5.70. The van der Waals surface area contributed by atoms with Gasteiger partial charge in [-0.3, -0.25) is 0 Å². The van der Waals surface area contributed by atoms with Crippen LogP contribution < -0.4 is 5.73 Å². The molecule has 3 heteroatoms. The normalized spacial score (nSPS) is 11.4. The first kappa shape index (κ1) is 6.60. The first-order valence-electron chi connectivity index (χ1n) is 3.99. The van der Waals surface area contributed by atoms with Crippen molar-refractivity contribution in [3.63, 3.8) is 0 Å². The molecule has 3 aromatic rings. The third-order valence-corrected chi connectivity index (χ3v) is 2.19. The van der Waals surface area contributed by atoms with E-state index in [-0.39, 0.29) is 0 Å². The zero-order chi connectivity index (χ0) is 8.84. The lowest BCUT2D eigenvalue weighted by atomic mass is 10.2. The number of nitrogens with two attached hydrogens (primary N) is 1. The van der Waals surface area contributed by atoms with Crippen molar-refractivity contribution in [2.45, 2.75) is 0 Å². The molecule has 3 nitrogen and oxygen atoms in total. The largest absolute Gasteiger partial charge is 0.460 e. The number of benzene rings is 1. The summed E-state index contributed by atoms with van der Waals surface area (Å²) in [6.45, 7) is 0. The molecule has 0 spiro atoms. The molecule has 0 amide bonds. The molecular formula is C10H7NO2. The molecule has 3 rings (SSSR count). The summed E-state index contributed by atoms with van der Waals surface area (Å²) >= 11 is 0. The Kier molecular flexibility index (Phi) is 1.05. The van der Waals surface area contributed by atoms with Crippen LogP contribution in [0.5, 0.6) is 0 Å². The van der Waals surface area contributed by atoms with Crippen molar-refractivity contribution in [1.29, 1.82) is 0 Å². The van der Waals surface area contributed by atoms with Gasteiger partial charge in [-0.15, -0.1) is 0 Å². The third-order valence-electron chi connectivity index (χ3n) is 2.19. The number of hydrogen-bond acceptors (Lipinski definition) is 3. The van der Waals surface area contributed by atoms with Crippen LogP contribution in [-0.4, -0.2) is 0 Å². The van der Waals surface area contributed by atoms with E-state index < -0.39 is 0 Å². The molecule has 0 fully saturated rings. The molecule has 2 N–H and O–H groups in total. The summed E-state index contributed by atoms with van der Waals surface area (Å²) in [5.41, 5.74) is 7.83. The summed E-state index contributed by atoms with van der Waals surface area (Å²) in [4.78, 5) is 0. The summed E-state index contributed by atoms with van der Waals surface area (Å²) in [5.74, 6) is 0. The molecule has 0 unspecified atom stereocenters. The molecule has 0 aliphatic carbocycles. The average molecular weight is 173 g/mol. The van der Waals surface area contributed by atoms with Gasteiger partial charge in [-0.25, -0.2) is 0 Å². The van der Waals surface area contributed by atoms with Gasteiger partial charge in [0.15, 0.2) is 11.2 Å². The van der Waals surface area contributed by atoms with Gasteiger partial charge in [-0.05, 0) is 12.1 Å². The van der Waals surface area contributed by atoms with Gasteiger partial charge in [-0.1, -0.05) is 6.07 Å². The van der Waals surface area contributed by atoms with Crippen molar-refractivity contribution in [2.75, 3.05) is 5.73 Å². The van der Waals surface area contributed by atoms with Gasteiger partial charge in [0.1, 0.15) is 6.26 Å². The first-order valence-corrected chi connectivity index (χ1v) is 3.99. The van der Waals surface area contributed by atoms with Crippen molar-refractivity contribution < 1.29 is 8.83 Å². The lowest BCUT2D eigenvalue weighted by Gasteiger charge is -1.90. The molecule has 0 aliphatic heterocycles. The van der Waals surface area contributed by atoms with E-state index in [1.54, 1.807) is 6.26 Å². The number of hydrogen-bond donors (Lipinski definition) is 1. The maximum Gasteiger partial charge on any atom is 0.179 e. The highest BCUT2D eigenvalue weighted by Crippen LogP contribution is 2.30. The van der Waals surface area contributed by atoms with Gasteiger partial charge in [0.25, 0.3) is 0 Å². The Bertz CT molecular complexity index is 577. The smallest absolute Gasteiger partial charge is 0.179 e. The van der Waals surface area contributed by atoms with E-state index in [1.807, 2.05) is 18.2 Å². The van der Waals surface area contributed by atoms with E-state index in [1.165, 1.54) is 6.26 Å². The highest BCUT2D eigenvalue weighted by molar-refractivity contribution is 6.05. The molecule has 0 bridgehead atoms. The molecule has 1 aromatic carbocycles. The summed E-state index contributed by atoms with van der Waals surface area (Å²) in [7, 11) is 0. The van der Waals surface area contributed by atoms with Crippen LogP contribution in [0.25, 0.3) is 21.9 Å². The van der Waals surface area contributed by atoms with Crippen LogP contribution >= 0.6 is 0 Å². The standard InChI is InChI=1S/C10H7NO2/c11-8-5-13-10-7(8)2-1-6-3-4-12-9(6)10/h1-5H,11H2. The Morgan fingerprint density at radius 3 is 2.85 bits per heavy atom. The van der Waals surface area contributed by atoms with Gasteiger partial charge < -0.3 is 14.6 Å². The van der Waals surface area contributed by atoms with Gasteiger partial charge >= 0.3 is 0 Å². The Morgan fingerprint density at radius 1 is 1.00 bits per heavy atom. The summed E-state index contributed by atoms with van der Waals surface area (Å²) in [6.07, 6.45) is 3.18. The van der Waals surface area contributed by atoms with Crippen LogP contribution in [0.2, 0.25) is 0 Å². The number of rotatable bonds is 0. The van der Waals surface area contributed by atoms with E-state index in [4.69, 9.17) is 14.6 Å². The highest BCUT2D eigenvalue weighted by Gasteiger charge is 2.08. The van der Waals surface area contributed by atoms with E-state index in [0.29, 0.717) is 5.69 Å². The lowest BCUT2D eigenvalue weighted by Crippen LogP contribution is -1.79. The predicted octanol–water partition coefficient (Wildman–Crippen LogP) is 2.76. The number of fused-ring (bicyclic) bond motifs is 3. The maximum atomic E-state index is 5.70. The Labute approximate surface area is 73.7 Å². The van der Waals surface area contributed by atoms with Crippen molar-refractivity contribution in [1.82, 2.24) is 0 Å². The first-order chi connectivity index (χ1) is 6.36. The minimum Gasteiger partial charge on any atom is -0.460 e. The van der Waals surface area contributed by atoms with Crippen LogP contribution in [0.3, 0.4) is 0 Å². The molecule has 0 atom stereocenters. The van der Waals surface area contributed by atoms with E-state index >= 15 is 0 Å². The molecule has 13 heavy (non-hydrogen) atoms. The Hall–Kier alpha value is -1.90. The molecular weight excluding hydrogens is 166 g/mol. The van der Waals surface area contributed by atoms with Crippen LogP contribution in [0.4, 0.5) is 5.69 Å². The van der Waals surface area contributed by atoms with E-state index in [9.17, 15) is 0 Å². The molecule has 0 saturated heterocycles. The number of nitrogen functional groups attached to an aromatic ring is 1. The van der Waals surface area contributed by atoms with Gasteiger partial charge in [0.2, 0.25) is 0 Å². The van der Waals surface area contributed by atoms with Crippen molar-refractivity contribution in [2.24, 2.45) is 0 Å². The monoisotopic (exact) mass is 173 g/mol. The lowest BCUT2D eigenvalue weighted by molar-refractivity contribution is 0.583. The minimum atomic E-state index is 0.647. The van der Waals surface area contributed by atoms with Crippen molar-refractivity contribution >= 4 is 27.6 Å². The Morgan fingerprint density at radius 2 is 1.92 bits per heavy atom. The zero-order valence-electron chi connectivity index (χ0n) is 6.78. The topological polar surface area (TPSA) is 52.3 Å². The number of furan rings is 2. The summed E-state index contributed by atoms with van der Waals surface area (Å²) in [6, 6.07) is 5.80. The van der Waals surface area contributed by atoms with Gasteiger partial charge in [-0.2, -0.15) is 0 Å². The van der Waals surface area contributed by atoms with E-state index in [0.717, 1.165) is 21.9 Å². The van der Waals surface area contributed by atoms with Gasteiger partial charge in [0.05, 0.1) is 12.0 Å².